The molecule has 3 aromatic carbocycles. The summed E-state index contributed by atoms with van der Waals surface area (Å²) in [5, 5.41) is 5.52. The molecule has 0 aliphatic carbocycles. The zero-order chi connectivity index (χ0) is 25.3. The number of rotatable bonds is 9. The molecule has 0 spiro atoms. The molecule has 1 saturated heterocycles. The van der Waals surface area contributed by atoms with E-state index in [0.717, 1.165) is 61.2 Å². The Morgan fingerprint density at radius 3 is 2.50 bits per heavy atom. The van der Waals surface area contributed by atoms with Crippen molar-refractivity contribution in [2.45, 2.75) is 25.9 Å². The van der Waals surface area contributed by atoms with Gasteiger partial charge in [-0.25, -0.2) is 9.59 Å². The number of nitrogens with one attached hydrogen (secondary N) is 1. The van der Waals surface area contributed by atoms with Crippen molar-refractivity contribution >= 4 is 22.8 Å². The van der Waals surface area contributed by atoms with Crippen molar-refractivity contribution in [2.24, 2.45) is 0 Å². The molecular formula is C29H35N3O4. The fourth-order valence-corrected chi connectivity index (χ4v) is 4.63. The molecule has 1 aliphatic heterocycles. The molecule has 0 bridgehead atoms. The van der Waals surface area contributed by atoms with E-state index in [1.54, 1.807) is 12.1 Å². The summed E-state index contributed by atoms with van der Waals surface area (Å²) >= 11 is 0. The largest absolute Gasteiger partial charge is 0.465 e. The summed E-state index contributed by atoms with van der Waals surface area (Å²) in [6, 6.07) is 21.4. The number of ether oxygens (including phenoxy) is 2. The van der Waals surface area contributed by atoms with Crippen LogP contribution in [-0.4, -0.2) is 68.3 Å². The van der Waals surface area contributed by atoms with Gasteiger partial charge in [0, 0.05) is 32.7 Å². The lowest BCUT2D eigenvalue weighted by atomic mass is 10.00. The number of amides is 2. The van der Waals surface area contributed by atoms with Crippen LogP contribution in [0.5, 0.6) is 0 Å². The van der Waals surface area contributed by atoms with Gasteiger partial charge in [0.25, 0.3) is 0 Å². The van der Waals surface area contributed by atoms with E-state index >= 15 is 0 Å². The van der Waals surface area contributed by atoms with Crippen LogP contribution in [0.3, 0.4) is 0 Å². The highest BCUT2D eigenvalue weighted by Crippen LogP contribution is 2.24. The van der Waals surface area contributed by atoms with E-state index in [1.165, 1.54) is 7.11 Å². The lowest BCUT2D eigenvalue weighted by Crippen LogP contribution is -2.43. The maximum Gasteiger partial charge on any atom is 0.337 e. The molecule has 1 heterocycles. The van der Waals surface area contributed by atoms with Crippen LogP contribution in [0.1, 0.15) is 40.9 Å². The summed E-state index contributed by atoms with van der Waals surface area (Å²) in [4.78, 5) is 29.5. The Bertz CT molecular complexity index is 1150. The maximum absolute atomic E-state index is 13.5. The fourth-order valence-electron chi connectivity index (χ4n) is 4.63. The number of nitrogens with zero attached hydrogens (tertiary/aromatic N) is 2. The minimum Gasteiger partial charge on any atom is -0.465 e. The van der Waals surface area contributed by atoms with Gasteiger partial charge < -0.3 is 19.7 Å². The van der Waals surface area contributed by atoms with E-state index in [0.29, 0.717) is 18.7 Å². The lowest BCUT2D eigenvalue weighted by molar-refractivity contribution is 0.0364. The molecule has 7 nitrogen and oxygen atoms in total. The van der Waals surface area contributed by atoms with Gasteiger partial charge in [0.15, 0.2) is 0 Å². The second-order valence-corrected chi connectivity index (χ2v) is 9.16. The predicted octanol–water partition coefficient (Wildman–Crippen LogP) is 4.62. The first-order valence-corrected chi connectivity index (χ1v) is 12.6. The quantitative estimate of drug-likeness (QED) is 0.444. The molecule has 2 amide bonds. The summed E-state index contributed by atoms with van der Waals surface area (Å²) in [6.07, 6.45) is 0.871. The van der Waals surface area contributed by atoms with E-state index in [1.807, 2.05) is 42.2 Å². The number of hydrogen-bond acceptors (Lipinski definition) is 5. The van der Waals surface area contributed by atoms with Crippen molar-refractivity contribution in [1.82, 2.24) is 15.1 Å². The van der Waals surface area contributed by atoms with Crippen LogP contribution in [0.25, 0.3) is 10.8 Å². The highest BCUT2D eigenvalue weighted by Gasteiger charge is 2.19. The van der Waals surface area contributed by atoms with Crippen LogP contribution in [0.4, 0.5) is 4.79 Å². The number of fused-ring (bicyclic) bond motifs is 1. The van der Waals surface area contributed by atoms with Gasteiger partial charge in [-0.1, -0.05) is 54.6 Å². The van der Waals surface area contributed by atoms with Crippen LogP contribution in [0, 0.1) is 0 Å². The van der Waals surface area contributed by atoms with E-state index in [-0.39, 0.29) is 18.0 Å². The molecule has 3 aromatic rings. The smallest absolute Gasteiger partial charge is 0.337 e. The van der Waals surface area contributed by atoms with Gasteiger partial charge in [-0.15, -0.1) is 0 Å². The molecule has 1 fully saturated rings. The standard InChI is InChI=1S/C29H35N3O4/c1-22(26-10-5-8-24-7-3-4-9-27(24)26)30-29(34)32(16-6-15-31-17-19-36-20-18-31)21-23-11-13-25(14-12-23)28(33)35-2/h3-5,7-14,22H,6,15-21H2,1-2H3,(H,30,34). The number of hydrogen-bond donors (Lipinski definition) is 1. The SMILES string of the molecule is COC(=O)c1ccc(CN(CCCN2CCOCC2)C(=O)NC(C)c2cccc3ccccc23)cc1. The first-order valence-electron chi connectivity index (χ1n) is 12.6. The second-order valence-electron chi connectivity index (χ2n) is 9.16. The minimum atomic E-state index is -0.370. The van der Waals surface area contributed by atoms with Crippen molar-refractivity contribution in [3.8, 4) is 0 Å². The monoisotopic (exact) mass is 489 g/mol. The van der Waals surface area contributed by atoms with Crippen molar-refractivity contribution < 1.29 is 19.1 Å². The van der Waals surface area contributed by atoms with Gasteiger partial charge in [-0.05, 0) is 47.4 Å². The number of esters is 1. The number of benzene rings is 3. The Labute approximate surface area is 213 Å². The molecule has 4 rings (SSSR count). The molecule has 1 atom stereocenters. The third kappa shape index (κ3) is 6.62. The summed E-state index contributed by atoms with van der Waals surface area (Å²) in [5.74, 6) is -0.370. The lowest BCUT2D eigenvalue weighted by Gasteiger charge is -2.29. The number of urea groups is 1. The molecule has 1 unspecified atom stereocenters. The number of carbonyl (C=O) groups is 2. The Balaban J connectivity index is 1.45. The molecule has 36 heavy (non-hydrogen) atoms. The van der Waals surface area contributed by atoms with Crippen LogP contribution < -0.4 is 5.32 Å². The Hall–Kier alpha value is -3.42. The van der Waals surface area contributed by atoms with Gasteiger partial charge in [-0.3, -0.25) is 4.90 Å². The summed E-state index contributed by atoms with van der Waals surface area (Å²) < 4.78 is 10.2. The van der Waals surface area contributed by atoms with Crippen LogP contribution in [-0.2, 0) is 16.0 Å². The molecule has 7 heteroatoms. The average Bonchev–Trinajstić information content (AvgIpc) is 2.92. The van der Waals surface area contributed by atoms with Crippen LogP contribution in [0.2, 0.25) is 0 Å². The van der Waals surface area contributed by atoms with Gasteiger partial charge >= 0.3 is 12.0 Å². The summed E-state index contributed by atoms with van der Waals surface area (Å²) in [7, 11) is 1.37. The number of morpholine rings is 1. The number of methoxy groups -OCH3 is 1. The zero-order valence-electron chi connectivity index (χ0n) is 21.1. The van der Waals surface area contributed by atoms with E-state index in [2.05, 4.69) is 34.5 Å². The van der Waals surface area contributed by atoms with Crippen molar-refractivity contribution in [2.75, 3.05) is 46.5 Å². The number of carbonyl (C=O) groups excluding carboxylic acids is 2. The highest BCUT2D eigenvalue weighted by atomic mass is 16.5. The highest BCUT2D eigenvalue weighted by molar-refractivity contribution is 5.89. The Kier molecular flexibility index (Phi) is 8.92. The molecule has 0 saturated carbocycles. The zero-order valence-corrected chi connectivity index (χ0v) is 21.1. The summed E-state index contributed by atoms with van der Waals surface area (Å²) in [6.45, 7) is 7.42. The third-order valence-electron chi connectivity index (χ3n) is 6.67. The van der Waals surface area contributed by atoms with Crippen LogP contribution >= 0.6 is 0 Å². The van der Waals surface area contributed by atoms with Crippen molar-refractivity contribution in [1.29, 1.82) is 0 Å². The van der Waals surface area contributed by atoms with Crippen LogP contribution in [0.15, 0.2) is 66.7 Å². The average molecular weight is 490 g/mol. The molecule has 190 valence electrons. The van der Waals surface area contributed by atoms with Gasteiger partial charge in [0.1, 0.15) is 0 Å². The van der Waals surface area contributed by atoms with E-state index in [4.69, 9.17) is 9.47 Å². The molecule has 0 aromatic heterocycles. The first kappa shape index (κ1) is 25.7. The fraction of sp³-hybridized carbons (Fsp3) is 0.379. The van der Waals surface area contributed by atoms with Gasteiger partial charge in [-0.2, -0.15) is 0 Å². The molecule has 1 aliphatic rings. The topological polar surface area (TPSA) is 71.1 Å². The molecular weight excluding hydrogens is 454 g/mol. The van der Waals surface area contributed by atoms with Crippen molar-refractivity contribution in [3.05, 3.63) is 83.4 Å². The minimum absolute atomic E-state index is 0.102. The molecule has 1 N–H and O–H groups in total. The third-order valence-corrected chi connectivity index (χ3v) is 6.67. The normalized spacial score (nSPS) is 14.8. The van der Waals surface area contributed by atoms with Crippen molar-refractivity contribution in [3.63, 3.8) is 0 Å². The maximum atomic E-state index is 13.5. The second kappa shape index (κ2) is 12.5. The van der Waals surface area contributed by atoms with E-state index < -0.39 is 0 Å². The van der Waals surface area contributed by atoms with Gasteiger partial charge in [0.05, 0.1) is 31.9 Å². The predicted molar refractivity (Wildman–Crippen MR) is 141 cm³/mol. The first-order chi connectivity index (χ1) is 17.5. The van der Waals surface area contributed by atoms with E-state index in [9.17, 15) is 9.59 Å². The summed E-state index contributed by atoms with van der Waals surface area (Å²) in [5.41, 5.74) is 2.55. The molecule has 0 radical (unpaired) electrons. The Morgan fingerprint density at radius 1 is 1.03 bits per heavy atom. The Morgan fingerprint density at radius 2 is 1.75 bits per heavy atom. The van der Waals surface area contributed by atoms with Gasteiger partial charge in [0.2, 0.25) is 0 Å².